The third kappa shape index (κ3) is 4.58. The van der Waals surface area contributed by atoms with Crippen molar-refractivity contribution >= 4 is 11.8 Å². The van der Waals surface area contributed by atoms with Gasteiger partial charge in [0.25, 0.3) is 0 Å². The largest absolute Gasteiger partial charge is 0.493 e. The number of hydrogen-bond donors (Lipinski definition) is 0. The maximum absolute atomic E-state index is 12.2. The van der Waals surface area contributed by atoms with E-state index in [0.717, 1.165) is 35.1 Å². The summed E-state index contributed by atoms with van der Waals surface area (Å²) in [5.41, 5.74) is 3.39. The van der Waals surface area contributed by atoms with Crippen LogP contribution >= 0.6 is 0 Å². The average molecular weight is 412 g/mol. The summed E-state index contributed by atoms with van der Waals surface area (Å²) in [6.07, 6.45) is 2.94. The number of Topliss-reactive ketones (excluding diaryl/α,β-unsaturated/α-hetero) is 1. The average Bonchev–Trinajstić information content (AvgIpc) is 3.14. The summed E-state index contributed by atoms with van der Waals surface area (Å²) >= 11 is 0. The fourth-order valence-electron chi connectivity index (χ4n) is 3.59. The van der Waals surface area contributed by atoms with E-state index >= 15 is 0 Å². The fourth-order valence-corrected chi connectivity index (χ4v) is 3.59. The second-order valence-electron chi connectivity index (χ2n) is 7.02. The Morgan fingerprint density at radius 2 is 1.77 bits per heavy atom. The van der Waals surface area contributed by atoms with Crippen molar-refractivity contribution in [2.45, 2.75) is 39.5 Å². The Morgan fingerprint density at radius 3 is 2.50 bits per heavy atom. The number of fused-ring (bicyclic) bond motifs is 1. The lowest BCUT2D eigenvalue weighted by Gasteiger charge is -2.19. The molecule has 0 fully saturated rings. The maximum atomic E-state index is 12.2. The van der Waals surface area contributed by atoms with Crippen LogP contribution in [0.4, 0.5) is 0 Å². The van der Waals surface area contributed by atoms with Gasteiger partial charge in [-0.3, -0.25) is 4.79 Å². The van der Waals surface area contributed by atoms with Crippen molar-refractivity contribution in [2.75, 3.05) is 26.9 Å². The van der Waals surface area contributed by atoms with E-state index in [2.05, 4.69) is 0 Å². The van der Waals surface area contributed by atoms with Gasteiger partial charge in [0.15, 0.2) is 23.9 Å². The number of methoxy groups -OCH3 is 1. The number of ether oxygens (including phenoxy) is 4. The lowest BCUT2D eigenvalue weighted by Crippen LogP contribution is -2.16. The van der Waals surface area contributed by atoms with Crippen molar-refractivity contribution in [3.63, 3.8) is 0 Å². The van der Waals surface area contributed by atoms with Crippen LogP contribution < -0.4 is 14.2 Å². The third-order valence-corrected chi connectivity index (χ3v) is 5.05. The molecular formula is C24H28O6. The van der Waals surface area contributed by atoms with Crippen LogP contribution in [0.3, 0.4) is 0 Å². The molecule has 0 unspecified atom stereocenters. The molecule has 30 heavy (non-hydrogen) atoms. The van der Waals surface area contributed by atoms with Crippen LogP contribution in [-0.2, 0) is 16.0 Å². The Kier molecular flexibility index (Phi) is 7.33. The summed E-state index contributed by atoms with van der Waals surface area (Å²) in [6, 6.07) is 9.36. The molecule has 2 aromatic carbocycles. The van der Waals surface area contributed by atoms with Gasteiger partial charge in [0.2, 0.25) is 5.75 Å². The minimum Gasteiger partial charge on any atom is -0.493 e. The molecule has 1 aliphatic rings. The van der Waals surface area contributed by atoms with E-state index in [1.807, 2.05) is 44.2 Å². The summed E-state index contributed by atoms with van der Waals surface area (Å²) < 4.78 is 22.4. The van der Waals surface area contributed by atoms with Gasteiger partial charge in [-0.05, 0) is 43.0 Å². The quantitative estimate of drug-likeness (QED) is 0.419. The molecule has 0 aromatic heterocycles. The number of carbonyl (C=O) groups is 2. The van der Waals surface area contributed by atoms with E-state index in [9.17, 15) is 9.59 Å². The molecule has 0 spiro atoms. The summed E-state index contributed by atoms with van der Waals surface area (Å²) in [4.78, 5) is 24.3. The molecular weight excluding hydrogens is 384 g/mol. The predicted molar refractivity (Wildman–Crippen MR) is 114 cm³/mol. The van der Waals surface area contributed by atoms with Crippen molar-refractivity contribution in [2.24, 2.45) is 0 Å². The summed E-state index contributed by atoms with van der Waals surface area (Å²) in [5.74, 6) is 1.07. The third-order valence-electron chi connectivity index (χ3n) is 5.05. The Labute approximate surface area is 177 Å². The summed E-state index contributed by atoms with van der Waals surface area (Å²) in [5, 5.41) is 0. The van der Waals surface area contributed by atoms with Crippen LogP contribution in [0.15, 0.2) is 30.3 Å². The van der Waals surface area contributed by atoms with Crippen molar-refractivity contribution < 1.29 is 28.5 Å². The van der Waals surface area contributed by atoms with Crippen LogP contribution in [-0.4, -0.2) is 38.7 Å². The van der Waals surface area contributed by atoms with Gasteiger partial charge in [-0.1, -0.05) is 31.5 Å². The number of hydrogen-bond acceptors (Lipinski definition) is 6. The summed E-state index contributed by atoms with van der Waals surface area (Å²) in [6.45, 7) is 4.44. The first-order valence-electron chi connectivity index (χ1n) is 10.4. The standard InChI is InChI=1S/C24H28O6/c1-4-6-14-29-22(26)15-30-23-19(11-13-21(27-3)24(23)28-5-2)16-8-7-9-18-17(16)10-12-20(18)25/h7-9,11,13H,4-6,10,12,14-15H2,1-3H3. The number of carbonyl (C=O) groups excluding carboxylic acids is 2. The first kappa shape index (κ1) is 21.7. The van der Waals surface area contributed by atoms with Crippen LogP contribution in [0.1, 0.15) is 49.0 Å². The van der Waals surface area contributed by atoms with E-state index in [-0.39, 0.29) is 12.4 Å². The molecule has 6 heteroatoms. The smallest absolute Gasteiger partial charge is 0.344 e. The van der Waals surface area contributed by atoms with Crippen LogP contribution in [0.25, 0.3) is 11.1 Å². The van der Waals surface area contributed by atoms with Crippen LogP contribution in [0.5, 0.6) is 17.2 Å². The summed E-state index contributed by atoms with van der Waals surface area (Å²) in [7, 11) is 1.55. The molecule has 0 atom stereocenters. The van der Waals surface area contributed by atoms with E-state index in [1.165, 1.54) is 0 Å². The number of rotatable bonds is 10. The van der Waals surface area contributed by atoms with Crippen LogP contribution in [0.2, 0.25) is 0 Å². The van der Waals surface area contributed by atoms with Gasteiger partial charge < -0.3 is 18.9 Å². The van der Waals surface area contributed by atoms with Gasteiger partial charge in [-0.2, -0.15) is 0 Å². The minimum atomic E-state index is -0.437. The zero-order chi connectivity index (χ0) is 21.5. The highest BCUT2D eigenvalue weighted by molar-refractivity contribution is 6.02. The zero-order valence-corrected chi connectivity index (χ0v) is 17.8. The second kappa shape index (κ2) is 10.1. The van der Waals surface area contributed by atoms with Crippen molar-refractivity contribution in [3.05, 3.63) is 41.5 Å². The molecule has 0 radical (unpaired) electrons. The molecule has 0 bridgehead atoms. The first-order chi connectivity index (χ1) is 14.6. The van der Waals surface area contributed by atoms with E-state index in [1.54, 1.807) is 7.11 Å². The second-order valence-corrected chi connectivity index (χ2v) is 7.02. The lowest BCUT2D eigenvalue weighted by molar-refractivity contribution is -0.146. The molecule has 2 aromatic rings. The SMILES string of the molecule is CCCCOC(=O)COc1c(-c2cccc3c2CCC3=O)ccc(OC)c1OCC. The van der Waals surface area contributed by atoms with Gasteiger partial charge in [-0.25, -0.2) is 4.79 Å². The molecule has 3 rings (SSSR count). The molecule has 0 aliphatic heterocycles. The normalized spacial score (nSPS) is 12.4. The van der Waals surface area contributed by atoms with E-state index in [4.69, 9.17) is 18.9 Å². The van der Waals surface area contributed by atoms with Crippen molar-refractivity contribution in [3.8, 4) is 28.4 Å². The van der Waals surface area contributed by atoms with Gasteiger partial charge in [0, 0.05) is 17.5 Å². The topological polar surface area (TPSA) is 71.1 Å². The number of esters is 1. The fraction of sp³-hybridized carbons (Fsp3) is 0.417. The Morgan fingerprint density at radius 1 is 0.967 bits per heavy atom. The predicted octanol–water partition coefficient (Wildman–Crippen LogP) is 4.61. The molecule has 160 valence electrons. The van der Waals surface area contributed by atoms with E-state index in [0.29, 0.717) is 43.3 Å². The molecule has 0 amide bonds. The lowest BCUT2D eigenvalue weighted by atomic mass is 9.95. The highest BCUT2D eigenvalue weighted by Gasteiger charge is 2.26. The minimum absolute atomic E-state index is 0.146. The molecule has 0 saturated heterocycles. The highest BCUT2D eigenvalue weighted by Crippen LogP contribution is 2.46. The molecule has 1 aliphatic carbocycles. The maximum Gasteiger partial charge on any atom is 0.344 e. The van der Waals surface area contributed by atoms with Gasteiger partial charge in [0.05, 0.1) is 20.3 Å². The Balaban J connectivity index is 2.00. The first-order valence-corrected chi connectivity index (χ1v) is 10.4. The van der Waals surface area contributed by atoms with E-state index < -0.39 is 5.97 Å². The van der Waals surface area contributed by atoms with Gasteiger partial charge in [-0.15, -0.1) is 0 Å². The molecule has 0 N–H and O–H groups in total. The van der Waals surface area contributed by atoms with Gasteiger partial charge in [0.1, 0.15) is 0 Å². The molecule has 6 nitrogen and oxygen atoms in total. The zero-order valence-electron chi connectivity index (χ0n) is 17.8. The number of ketones is 1. The monoisotopic (exact) mass is 412 g/mol. The van der Waals surface area contributed by atoms with Crippen LogP contribution in [0, 0.1) is 0 Å². The van der Waals surface area contributed by atoms with Crippen molar-refractivity contribution in [1.29, 1.82) is 0 Å². The molecule has 0 saturated carbocycles. The number of benzene rings is 2. The highest BCUT2D eigenvalue weighted by atomic mass is 16.6. The molecule has 0 heterocycles. The number of unbranched alkanes of at least 4 members (excludes halogenated alkanes) is 1. The Hall–Kier alpha value is -3.02. The Bertz CT molecular complexity index is 918. The van der Waals surface area contributed by atoms with Crippen molar-refractivity contribution in [1.82, 2.24) is 0 Å². The van der Waals surface area contributed by atoms with Gasteiger partial charge >= 0.3 is 5.97 Å².